The number of hydrogen-bond donors (Lipinski definition) is 2. The molecule has 3 nitrogen and oxygen atoms in total. The molecule has 0 radical (unpaired) electrons. The SMILES string of the molecule is NC(=S)Nc1ccc2ncccc2c1Br. The number of anilines is 1. The third-order valence-corrected chi connectivity index (χ3v) is 2.93. The Kier molecular flexibility index (Phi) is 2.83. The van der Waals surface area contributed by atoms with E-state index in [2.05, 4.69) is 26.2 Å². The molecule has 0 saturated heterocycles. The molecule has 76 valence electrons. The van der Waals surface area contributed by atoms with E-state index in [4.69, 9.17) is 18.0 Å². The summed E-state index contributed by atoms with van der Waals surface area (Å²) in [5.41, 5.74) is 7.20. The maximum absolute atomic E-state index is 5.42. The van der Waals surface area contributed by atoms with Gasteiger partial charge in [-0.1, -0.05) is 6.07 Å². The van der Waals surface area contributed by atoms with Crippen molar-refractivity contribution in [1.29, 1.82) is 0 Å². The van der Waals surface area contributed by atoms with Gasteiger partial charge in [0.25, 0.3) is 0 Å². The second kappa shape index (κ2) is 4.12. The van der Waals surface area contributed by atoms with E-state index >= 15 is 0 Å². The largest absolute Gasteiger partial charge is 0.376 e. The summed E-state index contributed by atoms with van der Waals surface area (Å²) in [4.78, 5) is 4.24. The predicted molar refractivity (Wildman–Crippen MR) is 69.9 cm³/mol. The highest BCUT2D eigenvalue weighted by atomic mass is 79.9. The zero-order valence-electron chi connectivity index (χ0n) is 7.70. The number of nitrogens with zero attached hydrogens (tertiary/aromatic N) is 1. The topological polar surface area (TPSA) is 50.9 Å². The van der Waals surface area contributed by atoms with Crippen molar-refractivity contribution in [2.45, 2.75) is 0 Å². The molecule has 0 spiro atoms. The first-order valence-corrected chi connectivity index (χ1v) is 5.48. The summed E-state index contributed by atoms with van der Waals surface area (Å²) in [7, 11) is 0. The van der Waals surface area contributed by atoms with Crippen molar-refractivity contribution < 1.29 is 0 Å². The summed E-state index contributed by atoms with van der Waals surface area (Å²) in [5, 5.41) is 4.18. The van der Waals surface area contributed by atoms with Gasteiger partial charge in [0, 0.05) is 11.6 Å². The number of aromatic nitrogens is 1. The number of nitrogens with two attached hydrogens (primary N) is 1. The van der Waals surface area contributed by atoms with E-state index in [1.165, 1.54) is 0 Å². The van der Waals surface area contributed by atoms with E-state index in [0.717, 1.165) is 21.1 Å². The molecule has 5 heteroatoms. The van der Waals surface area contributed by atoms with Crippen LogP contribution in [0.15, 0.2) is 34.9 Å². The fourth-order valence-electron chi connectivity index (χ4n) is 1.35. The summed E-state index contributed by atoms with van der Waals surface area (Å²) in [6.07, 6.45) is 1.76. The molecule has 1 aromatic heterocycles. The van der Waals surface area contributed by atoms with Gasteiger partial charge < -0.3 is 11.1 Å². The summed E-state index contributed by atoms with van der Waals surface area (Å²) in [6.45, 7) is 0. The monoisotopic (exact) mass is 281 g/mol. The standard InChI is InChI=1S/C10H8BrN3S/c11-9-6-2-1-5-13-7(6)3-4-8(9)14-10(12)15/h1-5H,(H3,12,14,15). The molecule has 0 aliphatic rings. The first-order chi connectivity index (χ1) is 7.18. The highest BCUT2D eigenvalue weighted by Crippen LogP contribution is 2.30. The average molecular weight is 282 g/mol. The smallest absolute Gasteiger partial charge is 0.168 e. The lowest BCUT2D eigenvalue weighted by Gasteiger charge is -2.08. The maximum Gasteiger partial charge on any atom is 0.168 e. The summed E-state index contributed by atoms with van der Waals surface area (Å²) in [5.74, 6) is 0. The summed E-state index contributed by atoms with van der Waals surface area (Å²) < 4.78 is 0.918. The van der Waals surface area contributed by atoms with Crippen molar-refractivity contribution in [3.63, 3.8) is 0 Å². The average Bonchev–Trinajstić information content (AvgIpc) is 2.22. The fourth-order valence-corrected chi connectivity index (χ4v) is 2.02. The molecular weight excluding hydrogens is 274 g/mol. The van der Waals surface area contributed by atoms with Crippen molar-refractivity contribution in [1.82, 2.24) is 4.98 Å². The van der Waals surface area contributed by atoms with Gasteiger partial charge in [-0.15, -0.1) is 0 Å². The van der Waals surface area contributed by atoms with Crippen molar-refractivity contribution in [2.24, 2.45) is 5.73 Å². The number of pyridine rings is 1. The van der Waals surface area contributed by atoms with Gasteiger partial charge in [0.2, 0.25) is 0 Å². The van der Waals surface area contributed by atoms with Crippen LogP contribution in [-0.4, -0.2) is 10.1 Å². The molecule has 15 heavy (non-hydrogen) atoms. The molecule has 0 amide bonds. The minimum absolute atomic E-state index is 0.249. The Bertz CT molecular complexity index is 527. The van der Waals surface area contributed by atoms with Gasteiger partial charge in [-0.2, -0.15) is 0 Å². The van der Waals surface area contributed by atoms with Crippen LogP contribution in [0.1, 0.15) is 0 Å². The van der Waals surface area contributed by atoms with Gasteiger partial charge in [0.1, 0.15) is 0 Å². The van der Waals surface area contributed by atoms with E-state index in [-0.39, 0.29) is 5.11 Å². The quantitative estimate of drug-likeness (QED) is 0.789. The Balaban J connectivity index is 2.59. The van der Waals surface area contributed by atoms with Crippen LogP contribution in [0.25, 0.3) is 10.9 Å². The highest BCUT2D eigenvalue weighted by molar-refractivity contribution is 9.10. The van der Waals surface area contributed by atoms with Gasteiger partial charge in [0.15, 0.2) is 5.11 Å². The first-order valence-electron chi connectivity index (χ1n) is 4.28. The molecule has 3 N–H and O–H groups in total. The van der Waals surface area contributed by atoms with Crippen LogP contribution in [0.4, 0.5) is 5.69 Å². The number of thiocarbonyl (C=S) groups is 1. The lowest BCUT2D eigenvalue weighted by Crippen LogP contribution is -2.19. The number of fused-ring (bicyclic) bond motifs is 1. The Morgan fingerprint density at radius 3 is 2.93 bits per heavy atom. The normalized spacial score (nSPS) is 10.2. The first kappa shape index (κ1) is 10.3. The second-order valence-corrected chi connectivity index (χ2v) is 4.22. The summed E-state index contributed by atoms with van der Waals surface area (Å²) >= 11 is 8.28. The van der Waals surface area contributed by atoms with Crippen LogP contribution in [0, 0.1) is 0 Å². The Morgan fingerprint density at radius 1 is 1.40 bits per heavy atom. The maximum atomic E-state index is 5.42. The van der Waals surface area contributed by atoms with E-state index in [1.807, 2.05) is 24.3 Å². The Hall–Kier alpha value is -1.20. The van der Waals surface area contributed by atoms with Crippen molar-refractivity contribution in [3.05, 3.63) is 34.9 Å². The van der Waals surface area contributed by atoms with Gasteiger partial charge in [-0.05, 0) is 46.3 Å². The van der Waals surface area contributed by atoms with Crippen LogP contribution in [0.5, 0.6) is 0 Å². The number of benzene rings is 1. The van der Waals surface area contributed by atoms with Crippen LogP contribution in [0.2, 0.25) is 0 Å². The van der Waals surface area contributed by atoms with Crippen LogP contribution in [0.3, 0.4) is 0 Å². The molecule has 0 saturated carbocycles. The van der Waals surface area contributed by atoms with Gasteiger partial charge in [-0.25, -0.2) is 0 Å². The molecule has 0 aliphatic carbocycles. The number of hydrogen-bond acceptors (Lipinski definition) is 2. The molecule has 0 aliphatic heterocycles. The lowest BCUT2D eigenvalue weighted by molar-refractivity contribution is 1.41. The molecule has 2 rings (SSSR count). The van der Waals surface area contributed by atoms with Crippen molar-refractivity contribution >= 4 is 49.9 Å². The number of nitrogens with one attached hydrogen (secondary N) is 1. The van der Waals surface area contributed by atoms with Crippen molar-refractivity contribution in [2.75, 3.05) is 5.32 Å². The Morgan fingerprint density at radius 2 is 2.20 bits per heavy atom. The molecule has 0 fully saturated rings. The van der Waals surface area contributed by atoms with Crippen LogP contribution >= 0.6 is 28.1 Å². The fraction of sp³-hybridized carbons (Fsp3) is 0. The van der Waals surface area contributed by atoms with E-state index in [0.29, 0.717) is 0 Å². The molecule has 0 unspecified atom stereocenters. The molecule has 2 aromatic rings. The minimum Gasteiger partial charge on any atom is -0.376 e. The molecule has 0 atom stereocenters. The van der Waals surface area contributed by atoms with Gasteiger partial charge >= 0.3 is 0 Å². The zero-order chi connectivity index (χ0) is 10.8. The number of halogens is 1. The van der Waals surface area contributed by atoms with E-state index < -0.39 is 0 Å². The highest BCUT2D eigenvalue weighted by Gasteiger charge is 2.05. The minimum atomic E-state index is 0.249. The molecular formula is C10H8BrN3S. The van der Waals surface area contributed by atoms with Crippen LogP contribution < -0.4 is 11.1 Å². The third-order valence-electron chi connectivity index (χ3n) is 1.98. The molecule has 1 heterocycles. The lowest BCUT2D eigenvalue weighted by atomic mass is 10.2. The second-order valence-electron chi connectivity index (χ2n) is 2.99. The molecule has 1 aromatic carbocycles. The Labute approximate surface area is 101 Å². The number of rotatable bonds is 1. The van der Waals surface area contributed by atoms with Crippen LogP contribution in [-0.2, 0) is 0 Å². The molecule has 0 bridgehead atoms. The zero-order valence-corrected chi connectivity index (χ0v) is 10.1. The van der Waals surface area contributed by atoms with E-state index in [9.17, 15) is 0 Å². The van der Waals surface area contributed by atoms with Gasteiger partial charge in [-0.3, -0.25) is 4.98 Å². The third kappa shape index (κ3) is 2.08. The summed E-state index contributed by atoms with van der Waals surface area (Å²) in [6, 6.07) is 7.67. The van der Waals surface area contributed by atoms with Crippen molar-refractivity contribution in [3.8, 4) is 0 Å². The predicted octanol–water partition coefficient (Wildman–Crippen LogP) is 2.65. The van der Waals surface area contributed by atoms with Gasteiger partial charge in [0.05, 0.1) is 15.7 Å². The van der Waals surface area contributed by atoms with E-state index in [1.54, 1.807) is 6.20 Å².